The summed E-state index contributed by atoms with van der Waals surface area (Å²) >= 11 is 0. The van der Waals surface area contributed by atoms with Crippen LogP contribution in [0.1, 0.15) is 34.1 Å². The number of nitrogens with one attached hydrogen (secondary N) is 1. The Balaban J connectivity index is 4.23. The maximum absolute atomic E-state index is 11.3. The standard InChI is InChI=1S/C9H17NO2/c1-5-8(12)9(6(2)3)10-7(4)11/h6,9H,5H2,1-4H3,(H,10,11)/t9-/m0/s1. The second kappa shape index (κ2) is 4.91. The summed E-state index contributed by atoms with van der Waals surface area (Å²) < 4.78 is 0. The molecule has 3 nitrogen and oxygen atoms in total. The molecule has 0 aliphatic heterocycles. The van der Waals surface area contributed by atoms with E-state index in [0.29, 0.717) is 6.42 Å². The minimum atomic E-state index is -0.313. The Morgan fingerprint density at radius 1 is 1.33 bits per heavy atom. The Hall–Kier alpha value is -0.860. The van der Waals surface area contributed by atoms with Gasteiger partial charge in [0.25, 0.3) is 0 Å². The SMILES string of the molecule is CCC(=O)[C@@H](NC(C)=O)C(C)C. The van der Waals surface area contributed by atoms with Gasteiger partial charge in [-0.05, 0) is 5.92 Å². The molecule has 3 heteroatoms. The summed E-state index contributed by atoms with van der Waals surface area (Å²) in [6, 6.07) is -0.313. The summed E-state index contributed by atoms with van der Waals surface area (Å²) in [4.78, 5) is 22.0. The van der Waals surface area contributed by atoms with Crippen molar-refractivity contribution in [2.45, 2.75) is 40.2 Å². The van der Waals surface area contributed by atoms with Crippen molar-refractivity contribution in [1.82, 2.24) is 5.32 Å². The fourth-order valence-electron chi connectivity index (χ4n) is 1.06. The van der Waals surface area contributed by atoms with E-state index < -0.39 is 0 Å². The second-order valence-electron chi connectivity index (χ2n) is 3.24. The zero-order chi connectivity index (χ0) is 9.72. The molecule has 0 fully saturated rings. The maximum Gasteiger partial charge on any atom is 0.217 e. The summed E-state index contributed by atoms with van der Waals surface area (Å²) in [6.07, 6.45) is 0.475. The predicted octanol–water partition coefficient (Wildman–Crippen LogP) is 1.13. The number of Topliss-reactive ketones (excluding diaryl/α,β-unsaturated/α-hetero) is 1. The molecule has 70 valence electrons. The summed E-state index contributed by atoms with van der Waals surface area (Å²) in [7, 11) is 0. The van der Waals surface area contributed by atoms with Gasteiger partial charge in [0, 0.05) is 13.3 Å². The van der Waals surface area contributed by atoms with E-state index in [1.165, 1.54) is 6.92 Å². The largest absolute Gasteiger partial charge is 0.346 e. The fraction of sp³-hybridized carbons (Fsp3) is 0.778. The average Bonchev–Trinajstić information content (AvgIpc) is 1.98. The molecule has 0 aliphatic rings. The van der Waals surface area contributed by atoms with Crippen LogP contribution < -0.4 is 5.32 Å². The molecule has 0 radical (unpaired) electrons. The van der Waals surface area contributed by atoms with Gasteiger partial charge in [-0.2, -0.15) is 0 Å². The van der Waals surface area contributed by atoms with E-state index in [0.717, 1.165) is 0 Å². The first-order valence-corrected chi connectivity index (χ1v) is 4.28. The monoisotopic (exact) mass is 171 g/mol. The topological polar surface area (TPSA) is 46.2 Å². The average molecular weight is 171 g/mol. The first kappa shape index (κ1) is 11.1. The molecule has 0 saturated carbocycles. The Morgan fingerprint density at radius 2 is 1.83 bits per heavy atom. The number of hydrogen-bond donors (Lipinski definition) is 1. The van der Waals surface area contributed by atoms with E-state index in [9.17, 15) is 9.59 Å². The third-order valence-electron chi connectivity index (χ3n) is 1.72. The Kier molecular flexibility index (Phi) is 4.55. The molecule has 0 aromatic rings. The molecule has 0 bridgehead atoms. The normalized spacial score (nSPS) is 12.8. The zero-order valence-corrected chi connectivity index (χ0v) is 8.18. The molecular weight excluding hydrogens is 154 g/mol. The molecule has 0 aromatic heterocycles. The molecular formula is C9H17NO2. The van der Waals surface area contributed by atoms with Gasteiger partial charge in [-0.25, -0.2) is 0 Å². The molecule has 1 atom stereocenters. The minimum Gasteiger partial charge on any atom is -0.346 e. The minimum absolute atomic E-state index is 0.0974. The third kappa shape index (κ3) is 3.51. The Labute approximate surface area is 73.5 Å². The molecule has 0 aliphatic carbocycles. The van der Waals surface area contributed by atoms with Gasteiger partial charge < -0.3 is 5.32 Å². The highest BCUT2D eigenvalue weighted by Crippen LogP contribution is 2.04. The van der Waals surface area contributed by atoms with Gasteiger partial charge in [0.1, 0.15) is 0 Å². The van der Waals surface area contributed by atoms with E-state index in [1.807, 2.05) is 13.8 Å². The zero-order valence-electron chi connectivity index (χ0n) is 8.18. The lowest BCUT2D eigenvalue weighted by Gasteiger charge is -2.19. The Morgan fingerprint density at radius 3 is 2.08 bits per heavy atom. The van der Waals surface area contributed by atoms with E-state index >= 15 is 0 Å². The predicted molar refractivity (Wildman–Crippen MR) is 47.7 cm³/mol. The molecule has 0 spiro atoms. The van der Waals surface area contributed by atoms with Gasteiger partial charge in [0.05, 0.1) is 6.04 Å². The molecule has 1 N–H and O–H groups in total. The molecule has 0 heterocycles. The number of amides is 1. The van der Waals surface area contributed by atoms with Crippen molar-refractivity contribution in [3.8, 4) is 0 Å². The van der Waals surface area contributed by atoms with E-state index in [4.69, 9.17) is 0 Å². The molecule has 0 rings (SSSR count). The van der Waals surface area contributed by atoms with Gasteiger partial charge in [-0.3, -0.25) is 9.59 Å². The van der Waals surface area contributed by atoms with Crippen LogP contribution in [0.15, 0.2) is 0 Å². The summed E-state index contributed by atoms with van der Waals surface area (Å²) in [5.41, 5.74) is 0. The molecule has 0 aromatic carbocycles. The van der Waals surface area contributed by atoms with Gasteiger partial charge in [0.2, 0.25) is 5.91 Å². The van der Waals surface area contributed by atoms with Crippen LogP contribution in [0.5, 0.6) is 0 Å². The quantitative estimate of drug-likeness (QED) is 0.689. The lowest BCUT2D eigenvalue weighted by Crippen LogP contribution is -2.43. The van der Waals surface area contributed by atoms with Crippen LogP contribution in [0.3, 0.4) is 0 Å². The van der Waals surface area contributed by atoms with Crippen LogP contribution >= 0.6 is 0 Å². The third-order valence-corrected chi connectivity index (χ3v) is 1.72. The van der Waals surface area contributed by atoms with Crippen LogP contribution in [0, 0.1) is 5.92 Å². The molecule has 12 heavy (non-hydrogen) atoms. The van der Waals surface area contributed by atoms with E-state index in [2.05, 4.69) is 5.32 Å². The molecule has 1 amide bonds. The van der Waals surface area contributed by atoms with Gasteiger partial charge >= 0.3 is 0 Å². The van der Waals surface area contributed by atoms with Gasteiger partial charge in [-0.1, -0.05) is 20.8 Å². The summed E-state index contributed by atoms with van der Waals surface area (Å²) in [6.45, 7) is 7.08. The molecule has 0 unspecified atom stereocenters. The van der Waals surface area contributed by atoms with Crippen molar-refractivity contribution >= 4 is 11.7 Å². The highest BCUT2D eigenvalue weighted by atomic mass is 16.2. The summed E-state index contributed by atoms with van der Waals surface area (Å²) in [5, 5.41) is 2.64. The van der Waals surface area contributed by atoms with Crippen molar-refractivity contribution in [1.29, 1.82) is 0 Å². The van der Waals surface area contributed by atoms with Crippen LogP contribution in [0.2, 0.25) is 0 Å². The van der Waals surface area contributed by atoms with Crippen molar-refractivity contribution in [3.05, 3.63) is 0 Å². The second-order valence-corrected chi connectivity index (χ2v) is 3.24. The number of rotatable bonds is 4. The number of hydrogen-bond acceptors (Lipinski definition) is 2. The number of ketones is 1. The van der Waals surface area contributed by atoms with E-state index in [-0.39, 0.29) is 23.7 Å². The van der Waals surface area contributed by atoms with Crippen LogP contribution in [-0.2, 0) is 9.59 Å². The fourth-order valence-corrected chi connectivity index (χ4v) is 1.06. The van der Waals surface area contributed by atoms with Gasteiger partial charge in [-0.15, -0.1) is 0 Å². The number of carbonyl (C=O) groups excluding carboxylic acids is 2. The molecule has 0 saturated heterocycles. The number of carbonyl (C=O) groups is 2. The van der Waals surface area contributed by atoms with Crippen LogP contribution in [-0.4, -0.2) is 17.7 Å². The van der Waals surface area contributed by atoms with E-state index in [1.54, 1.807) is 6.92 Å². The first-order chi connectivity index (χ1) is 5.49. The van der Waals surface area contributed by atoms with Crippen LogP contribution in [0.25, 0.3) is 0 Å². The highest BCUT2D eigenvalue weighted by molar-refractivity contribution is 5.88. The first-order valence-electron chi connectivity index (χ1n) is 4.28. The highest BCUT2D eigenvalue weighted by Gasteiger charge is 2.20. The lowest BCUT2D eigenvalue weighted by atomic mass is 9.98. The van der Waals surface area contributed by atoms with Crippen LogP contribution in [0.4, 0.5) is 0 Å². The van der Waals surface area contributed by atoms with Crippen molar-refractivity contribution in [2.24, 2.45) is 5.92 Å². The van der Waals surface area contributed by atoms with Gasteiger partial charge in [0.15, 0.2) is 5.78 Å². The Bertz CT molecular complexity index is 175. The van der Waals surface area contributed by atoms with Crippen molar-refractivity contribution in [2.75, 3.05) is 0 Å². The lowest BCUT2D eigenvalue weighted by molar-refractivity contribution is -0.127. The van der Waals surface area contributed by atoms with Crippen molar-refractivity contribution < 1.29 is 9.59 Å². The van der Waals surface area contributed by atoms with Crippen molar-refractivity contribution in [3.63, 3.8) is 0 Å². The smallest absolute Gasteiger partial charge is 0.217 e. The maximum atomic E-state index is 11.3. The summed E-state index contributed by atoms with van der Waals surface area (Å²) in [5.74, 6) is 0.122.